The van der Waals surface area contributed by atoms with Crippen LogP contribution in [0, 0.1) is 0 Å². The second-order valence-corrected chi connectivity index (χ2v) is 6.84. The van der Waals surface area contributed by atoms with Gasteiger partial charge in [0, 0.05) is 5.57 Å². The summed E-state index contributed by atoms with van der Waals surface area (Å²) < 4.78 is 5.82. The van der Waals surface area contributed by atoms with Crippen LogP contribution in [0.25, 0.3) is 0 Å². The molecule has 0 aromatic carbocycles. The van der Waals surface area contributed by atoms with Gasteiger partial charge in [-0.2, -0.15) is 0 Å². The molecule has 0 unspecified atom stereocenters. The van der Waals surface area contributed by atoms with Gasteiger partial charge in [-0.15, -0.1) is 0 Å². The van der Waals surface area contributed by atoms with E-state index >= 15 is 0 Å². The van der Waals surface area contributed by atoms with Gasteiger partial charge in [0.15, 0.2) is 0 Å². The predicted molar refractivity (Wildman–Crippen MR) is 59.0 cm³/mol. The lowest BCUT2D eigenvalue weighted by Gasteiger charge is -2.20. The second kappa shape index (κ2) is 4.52. The molecule has 1 rings (SSSR count). The van der Waals surface area contributed by atoms with Gasteiger partial charge in [-0.25, -0.2) is 0 Å². The van der Waals surface area contributed by atoms with Crippen molar-refractivity contribution < 1.29 is 9.47 Å². The van der Waals surface area contributed by atoms with Gasteiger partial charge in [0.25, 0.3) is 5.95 Å². The molecule has 0 spiro atoms. The topological polar surface area (TPSA) is 18.5 Å². The quantitative estimate of drug-likeness (QED) is 0.543. The molecular formula is C6H4Cl6O2. The molecule has 0 bridgehead atoms. The summed E-state index contributed by atoms with van der Waals surface area (Å²) in [7, 11) is 0. The highest BCUT2D eigenvalue weighted by Gasteiger charge is 2.34. The number of alkyl halides is 6. The van der Waals surface area contributed by atoms with Crippen molar-refractivity contribution in [2.45, 2.75) is 20.8 Å². The van der Waals surface area contributed by atoms with Gasteiger partial charge in [0.2, 0.25) is 0 Å². The van der Waals surface area contributed by atoms with Crippen LogP contribution < -0.4 is 0 Å². The molecule has 14 heavy (non-hydrogen) atoms. The Morgan fingerprint density at radius 2 is 1.21 bits per heavy atom. The maximum atomic E-state index is 5.39. The minimum atomic E-state index is -1.93. The van der Waals surface area contributed by atoms with Gasteiger partial charge >= 0.3 is 7.96 Å². The molecule has 0 aromatic heterocycles. The van der Waals surface area contributed by atoms with Crippen molar-refractivity contribution in [3.8, 4) is 0 Å². The smallest absolute Gasteiger partial charge is 0.340 e. The first kappa shape index (κ1) is 13.1. The van der Waals surface area contributed by atoms with E-state index in [2.05, 4.69) is 0 Å². The Bertz CT molecular complexity index is 226. The van der Waals surface area contributed by atoms with Gasteiger partial charge in [-0.05, 0) is 82.4 Å². The number of hydrogen-bond donors (Lipinski definition) is 0. The van der Waals surface area contributed by atoms with Crippen molar-refractivity contribution in [3.63, 3.8) is 0 Å². The van der Waals surface area contributed by atoms with E-state index in [1.165, 1.54) is 0 Å². The summed E-state index contributed by atoms with van der Waals surface area (Å²) in [5, 5.41) is 0. The number of hydrogen-bond acceptors (Lipinski definition) is 2. The number of halogens is 6. The molecule has 8 heteroatoms. The fraction of sp³-hybridized carbons (Fsp3) is 0.667. The lowest BCUT2D eigenvalue weighted by Crippen LogP contribution is -2.16. The minimum Gasteiger partial charge on any atom is -0.414 e. The summed E-state index contributed by atoms with van der Waals surface area (Å²) in [6.45, 7) is 0. The van der Waals surface area contributed by atoms with E-state index in [0.717, 1.165) is 18.4 Å². The highest BCUT2D eigenvalue weighted by atomic mass is 35.6. The molecule has 1 aliphatic rings. The molecule has 0 aromatic rings. The highest BCUT2D eigenvalue weighted by molar-refractivity contribution is 6.67. The third-order valence-electron chi connectivity index (χ3n) is 1.21. The summed E-state index contributed by atoms with van der Waals surface area (Å²) in [6.07, 6.45) is 1.55. The first-order valence-corrected chi connectivity index (χ1v) is 5.68. The molecule has 0 N–H and O–H groups in total. The van der Waals surface area contributed by atoms with E-state index in [0.29, 0.717) is 0 Å². The Morgan fingerprint density at radius 3 is 1.43 bits per heavy atom. The molecule has 0 aliphatic heterocycles. The zero-order chi connectivity index (χ0) is 11.0. The first-order chi connectivity index (χ1) is 6.17. The van der Waals surface area contributed by atoms with Crippen LogP contribution in [-0.2, 0) is 9.47 Å². The molecule has 0 amide bonds. The van der Waals surface area contributed by atoms with Gasteiger partial charge in [0.1, 0.15) is 0 Å². The molecule has 0 saturated heterocycles. The first-order valence-electron chi connectivity index (χ1n) is 3.41. The van der Waals surface area contributed by atoms with Gasteiger partial charge in [-0.1, -0.05) is 0 Å². The molecule has 1 fully saturated rings. The zero-order valence-corrected chi connectivity index (χ0v) is 11.0. The summed E-state index contributed by atoms with van der Waals surface area (Å²) in [6, 6.07) is 0. The Labute approximate surface area is 111 Å². The third-order valence-corrected chi connectivity index (χ3v) is 1.67. The normalized spacial score (nSPS) is 16.6. The van der Waals surface area contributed by atoms with E-state index < -0.39 is 7.96 Å². The lowest BCUT2D eigenvalue weighted by molar-refractivity contribution is 0.0265. The largest absolute Gasteiger partial charge is 0.414 e. The van der Waals surface area contributed by atoms with Gasteiger partial charge < -0.3 is 9.47 Å². The molecule has 2 nitrogen and oxygen atoms in total. The summed E-state index contributed by atoms with van der Waals surface area (Å²) in [4.78, 5) is 0. The highest BCUT2D eigenvalue weighted by Crippen LogP contribution is 2.42. The number of ether oxygens (including phenoxy) is 2. The molecule has 82 valence electrons. The minimum absolute atomic E-state index is 0.0370. The van der Waals surface area contributed by atoms with Crippen LogP contribution in [0.15, 0.2) is 11.5 Å². The predicted octanol–water partition coefficient (Wildman–Crippen LogP) is 4.68. The Hall–Kier alpha value is 1.08. The van der Waals surface area contributed by atoms with Crippen LogP contribution >= 0.6 is 69.6 Å². The lowest BCUT2D eigenvalue weighted by atomic mass is 10.6. The van der Waals surface area contributed by atoms with Crippen molar-refractivity contribution in [3.05, 3.63) is 11.5 Å². The van der Waals surface area contributed by atoms with E-state index in [4.69, 9.17) is 79.1 Å². The monoisotopic (exact) mass is 318 g/mol. The zero-order valence-electron chi connectivity index (χ0n) is 6.50. The average molecular weight is 321 g/mol. The second-order valence-electron chi connectivity index (χ2n) is 2.49. The fourth-order valence-electron chi connectivity index (χ4n) is 0.642. The van der Waals surface area contributed by atoms with Crippen molar-refractivity contribution in [1.29, 1.82) is 0 Å². The van der Waals surface area contributed by atoms with Crippen LogP contribution in [0.4, 0.5) is 0 Å². The fourth-order valence-corrected chi connectivity index (χ4v) is 1.06. The van der Waals surface area contributed by atoms with Gasteiger partial charge in [0.05, 0.1) is 0 Å². The Morgan fingerprint density at radius 1 is 0.857 bits per heavy atom. The SMILES string of the molecule is ClC(Cl)(Cl)OC(OC(Cl)(Cl)Cl)=C1CC1. The molecule has 0 radical (unpaired) electrons. The molecule has 1 saturated carbocycles. The van der Waals surface area contributed by atoms with Gasteiger partial charge in [-0.3, -0.25) is 0 Å². The molecule has 0 atom stereocenters. The molecule has 0 heterocycles. The number of allylic oxidation sites excluding steroid dienone is 1. The van der Waals surface area contributed by atoms with Crippen molar-refractivity contribution in [2.24, 2.45) is 0 Å². The van der Waals surface area contributed by atoms with Crippen LogP contribution in [0.3, 0.4) is 0 Å². The Balaban J connectivity index is 2.64. The van der Waals surface area contributed by atoms with Crippen LogP contribution in [-0.4, -0.2) is 7.96 Å². The van der Waals surface area contributed by atoms with E-state index in [-0.39, 0.29) is 5.95 Å². The van der Waals surface area contributed by atoms with Crippen LogP contribution in [0.1, 0.15) is 12.8 Å². The standard InChI is InChI=1S/C6H4Cl6O2/c7-5(8,9)13-4(3-1-2-3)14-6(10,11)12/h1-2H2. The van der Waals surface area contributed by atoms with Crippen LogP contribution in [0.2, 0.25) is 0 Å². The summed E-state index contributed by atoms with van der Waals surface area (Å²) >= 11 is 32.4. The number of rotatable bonds is 2. The van der Waals surface area contributed by atoms with Crippen molar-refractivity contribution in [2.75, 3.05) is 0 Å². The maximum absolute atomic E-state index is 5.39. The van der Waals surface area contributed by atoms with E-state index in [9.17, 15) is 0 Å². The van der Waals surface area contributed by atoms with E-state index in [1.54, 1.807) is 0 Å². The summed E-state index contributed by atoms with van der Waals surface area (Å²) in [5.41, 5.74) is 0.808. The van der Waals surface area contributed by atoms with Crippen molar-refractivity contribution >= 4 is 69.6 Å². The molecule has 1 aliphatic carbocycles. The summed E-state index contributed by atoms with van der Waals surface area (Å²) in [5.74, 6) is -0.0370. The van der Waals surface area contributed by atoms with E-state index in [1.807, 2.05) is 0 Å². The van der Waals surface area contributed by atoms with Crippen molar-refractivity contribution in [1.82, 2.24) is 0 Å². The van der Waals surface area contributed by atoms with Crippen LogP contribution in [0.5, 0.6) is 0 Å². The average Bonchev–Trinajstić information content (AvgIpc) is 2.57. The maximum Gasteiger partial charge on any atom is 0.340 e. The molecular weight excluding hydrogens is 317 g/mol. The third kappa shape index (κ3) is 5.84. The Kier molecular flexibility index (Phi) is 4.25.